The molecule has 0 bridgehead atoms. The van der Waals surface area contributed by atoms with Crippen LogP contribution in [0.25, 0.3) is 5.65 Å². The number of carbonyl (C=O) groups excluding carboxylic acids is 1. The van der Waals surface area contributed by atoms with Crippen molar-refractivity contribution in [3.63, 3.8) is 0 Å². The van der Waals surface area contributed by atoms with Crippen LogP contribution in [-0.4, -0.2) is 56.6 Å². The highest BCUT2D eigenvalue weighted by atomic mass is 19.4. The molecule has 190 valence electrons. The molecule has 1 aromatic carbocycles. The van der Waals surface area contributed by atoms with Crippen LogP contribution in [0.1, 0.15) is 35.2 Å². The number of nitrogens with one attached hydrogen (secondary N) is 1. The van der Waals surface area contributed by atoms with E-state index in [1.54, 1.807) is 6.20 Å². The van der Waals surface area contributed by atoms with Crippen LogP contribution >= 0.6 is 0 Å². The number of hydrogen-bond acceptors (Lipinski definition) is 5. The van der Waals surface area contributed by atoms with Crippen LogP contribution in [0.4, 0.5) is 13.2 Å². The van der Waals surface area contributed by atoms with Gasteiger partial charge in [0.1, 0.15) is 5.65 Å². The largest absolute Gasteiger partial charge is 0.490 e. The molecule has 1 fully saturated rings. The van der Waals surface area contributed by atoms with Gasteiger partial charge in [0.05, 0.1) is 23.7 Å². The van der Waals surface area contributed by atoms with Gasteiger partial charge in [0.15, 0.2) is 0 Å². The van der Waals surface area contributed by atoms with Crippen molar-refractivity contribution in [3.8, 4) is 6.07 Å². The minimum absolute atomic E-state index is 0.0495. The molecule has 0 spiro atoms. The highest BCUT2D eigenvalue weighted by Gasteiger charge is 2.38. The van der Waals surface area contributed by atoms with Gasteiger partial charge in [0.2, 0.25) is 5.91 Å². The zero-order valence-electron chi connectivity index (χ0n) is 19.6. The molecule has 0 atom stereocenters. The number of alkyl halides is 3. The summed E-state index contributed by atoms with van der Waals surface area (Å²) in [5, 5.41) is 19.4. The lowest BCUT2D eigenvalue weighted by molar-refractivity contribution is -0.192. The van der Waals surface area contributed by atoms with E-state index in [9.17, 15) is 18.0 Å². The quantitative estimate of drug-likeness (QED) is 0.554. The number of nitrogens with zero attached hydrogens (tertiary/aromatic N) is 4. The molecule has 1 aliphatic heterocycles. The summed E-state index contributed by atoms with van der Waals surface area (Å²) in [4.78, 5) is 28.3. The number of carbonyl (C=O) groups is 2. The van der Waals surface area contributed by atoms with Gasteiger partial charge in [0, 0.05) is 38.1 Å². The Hall–Kier alpha value is -3.91. The second-order valence-electron chi connectivity index (χ2n) is 8.54. The zero-order chi connectivity index (χ0) is 26.3. The number of hydrogen-bond donors (Lipinski definition) is 2. The molecule has 4 rings (SSSR count). The third-order valence-corrected chi connectivity index (χ3v) is 5.81. The van der Waals surface area contributed by atoms with E-state index >= 15 is 0 Å². The summed E-state index contributed by atoms with van der Waals surface area (Å²) in [5.41, 5.74) is 4.79. The first-order chi connectivity index (χ1) is 17.1. The van der Waals surface area contributed by atoms with E-state index in [0.29, 0.717) is 12.0 Å². The Balaban J connectivity index is 0.000000454. The van der Waals surface area contributed by atoms with Crippen LogP contribution in [0.15, 0.2) is 48.8 Å². The predicted molar refractivity (Wildman–Crippen MR) is 125 cm³/mol. The predicted octanol–water partition coefficient (Wildman–Crippen LogP) is 3.47. The number of fused-ring (bicyclic) bond motifs is 1. The van der Waals surface area contributed by atoms with Gasteiger partial charge in [-0.25, -0.2) is 9.78 Å². The minimum Gasteiger partial charge on any atom is -0.475 e. The summed E-state index contributed by atoms with van der Waals surface area (Å²) < 4.78 is 33.7. The number of imidazole rings is 1. The van der Waals surface area contributed by atoms with E-state index in [2.05, 4.69) is 27.3 Å². The molecule has 2 aromatic heterocycles. The average Bonchev–Trinajstić information content (AvgIpc) is 3.24. The minimum atomic E-state index is -5.08. The second-order valence-corrected chi connectivity index (χ2v) is 8.54. The number of carboxylic acids is 1. The van der Waals surface area contributed by atoms with Crippen LogP contribution in [0, 0.1) is 18.3 Å². The second kappa shape index (κ2) is 11.7. The Morgan fingerprint density at radius 2 is 1.92 bits per heavy atom. The van der Waals surface area contributed by atoms with Gasteiger partial charge in [-0.3, -0.25) is 9.69 Å². The van der Waals surface area contributed by atoms with Crippen molar-refractivity contribution in [2.75, 3.05) is 13.1 Å². The van der Waals surface area contributed by atoms with Crippen molar-refractivity contribution < 1.29 is 27.9 Å². The van der Waals surface area contributed by atoms with Crippen molar-refractivity contribution in [1.29, 1.82) is 5.26 Å². The average molecular weight is 502 g/mol. The molecule has 0 unspecified atom stereocenters. The number of carboxylic acid groups (broad SMARTS) is 1. The molecule has 8 nitrogen and oxygen atoms in total. The number of pyridine rings is 1. The summed E-state index contributed by atoms with van der Waals surface area (Å²) in [6.07, 6.45) is 0.884. The molecule has 3 aromatic rings. The van der Waals surface area contributed by atoms with Crippen molar-refractivity contribution in [2.24, 2.45) is 0 Å². The molecule has 1 amide bonds. The first-order valence-electron chi connectivity index (χ1n) is 11.3. The number of nitriles is 1. The maximum Gasteiger partial charge on any atom is 0.490 e. The Kier molecular flexibility index (Phi) is 8.66. The van der Waals surface area contributed by atoms with Gasteiger partial charge in [0.25, 0.3) is 0 Å². The first kappa shape index (κ1) is 26.7. The first-order valence-corrected chi connectivity index (χ1v) is 11.3. The number of halogens is 3. The van der Waals surface area contributed by atoms with Crippen LogP contribution in [0.2, 0.25) is 0 Å². The van der Waals surface area contributed by atoms with Crippen LogP contribution in [0.3, 0.4) is 0 Å². The third kappa shape index (κ3) is 7.29. The maximum absolute atomic E-state index is 12.6. The van der Waals surface area contributed by atoms with Gasteiger partial charge in [-0.15, -0.1) is 0 Å². The maximum atomic E-state index is 12.6. The SMILES string of the molecule is Cc1cccn2c(CC(=O)NC3CCN(Cc4cccc(C#N)c4)CC3)cnc12.O=C(O)C(F)(F)F. The van der Waals surface area contributed by atoms with Crippen molar-refractivity contribution in [1.82, 2.24) is 19.6 Å². The molecule has 1 aliphatic rings. The van der Waals surface area contributed by atoms with E-state index in [0.717, 1.165) is 54.9 Å². The fourth-order valence-electron chi connectivity index (χ4n) is 4.01. The van der Waals surface area contributed by atoms with Crippen molar-refractivity contribution >= 4 is 17.5 Å². The highest BCUT2D eigenvalue weighted by Crippen LogP contribution is 2.16. The van der Waals surface area contributed by atoms with E-state index in [1.165, 1.54) is 0 Å². The van der Waals surface area contributed by atoms with Crippen LogP contribution < -0.4 is 5.32 Å². The number of aromatic nitrogens is 2. The standard InChI is InChI=1S/C23H25N5O.C2HF3O2/c1-17-4-3-9-28-21(15-25-23(17)28)13-22(29)26-20-7-10-27(11-8-20)16-19-6-2-5-18(12-19)14-24;3-2(4,5)1(6)7/h2-6,9,12,15,20H,7-8,10-11,13,16H2,1H3,(H,26,29);(H,6,7). The lowest BCUT2D eigenvalue weighted by Crippen LogP contribution is -2.44. The molecule has 3 heterocycles. The third-order valence-electron chi connectivity index (χ3n) is 5.81. The molecule has 36 heavy (non-hydrogen) atoms. The topological polar surface area (TPSA) is 111 Å². The number of rotatable bonds is 5. The summed E-state index contributed by atoms with van der Waals surface area (Å²) >= 11 is 0. The van der Waals surface area contributed by atoms with E-state index < -0.39 is 12.1 Å². The molecular weight excluding hydrogens is 475 g/mol. The Labute approximate surface area is 206 Å². The van der Waals surface area contributed by atoms with Gasteiger partial charge < -0.3 is 14.8 Å². The summed E-state index contributed by atoms with van der Waals surface area (Å²) in [6, 6.07) is 14.2. The van der Waals surface area contributed by atoms with Crippen LogP contribution in [0.5, 0.6) is 0 Å². The summed E-state index contributed by atoms with van der Waals surface area (Å²) in [5.74, 6) is -2.71. The molecule has 0 saturated carbocycles. The molecular formula is C25H26F3N5O3. The van der Waals surface area contributed by atoms with Crippen molar-refractivity contribution in [3.05, 3.63) is 71.2 Å². The fourth-order valence-corrected chi connectivity index (χ4v) is 4.01. The van der Waals surface area contributed by atoms with Gasteiger partial charge >= 0.3 is 12.1 Å². The fraction of sp³-hybridized carbons (Fsp3) is 0.360. The Bertz CT molecular complexity index is 1260. The smallest absolute Gasteiger partial charge is 0.475 e. The summed E-state index contributed by atoms with van der Waals surface area (Å²) in [6.45, 7) is 4.75. The number of benzene rings is 1. The summed E-state index contributed by atoms with van der Waals surface area (Å²) in [7, 11) is 0. The monoisotopic (exact) mass is 501 g/mol. The van der Waals surface area contributed by atoms with E-state index in [1.807, 2.05) is 47.9 Å². The Morgan fingerprint density at radius 3 is 2.56 bits per heavy atom. The van der Waals surface area contributed by atoms with Crippen molar-refractivity contribution in [2.45, 2.75) is 44.9 Å². The number of aliphatic carboxylic acids is 1. The van der Waals surface area contributed by atoms with Gasteiger partial charge in [-0.2, -0.15) is 18.4 Å². The number of likely N-dealkylation sites (tertiary alicyclic amines) is 1. The molecule has 0 aliphatic carbocycles. The number of amides is 1. The zero-order valence-corrected chi connectivity index (χ0v) is 19.6. The molecule has 2 N–H and O–H groups in total. The number of aryl methyl sites for hydroxylation is 1. The van der Waals surface area contributed by atoms with Gasteiger partial charge in [-0.1, -0.05) is 18.2 Å². The normalized spacial score (nSPS) is 14.5. The van der Waals surface area contributed by atoms with E-state index in [4.69, 9.17) is 15.2 Å². The lowest BCUT2D eigenvalue weighted by Gasteiger charge is -2.32. The van der Waals surface area contributed by atoms with E-state index in [-0.39, 0.29) is 11.9 Å². The Morgan fingerprint density at radius 1 is 1.22 bits per heavy atom. The molecule has 1 saturated heterocycles. The lowest BCUT2D eigenvalue weighted by atomic mass is 10.0. The number of piperidine rings is 1. The molecule has 11 heteroatoms. The van der Waals surface area contributed by atoms with Crippen LogP contribution in [-0.2, 0) is 22.6 Å². The highest BCUT2D eigenvalue weighted by molar-refractivity contribution is 5.78. The molecule has 0 radical (unpaired) electrons. The van der Waals surface area contributed by atoms with Gasteiger partial charge in [-0.05, 0) is 49.1 Å².